The maximum atomic E-state index is 5.52. The molecule has 0 amide bonds. The molecule has 0 bridgehead atoms. The topological polar surface area (TPSA) is 68.7 Å². The molecular formula is C28H32N4O3S. The quantitative estimate of drug-likeness (QED) is 0.331. The number of benzene rings is 2. The van der Waals surface area contributed by atoms with Crippen molar-refractivity contribution in [3.05, 3.63) is 64.8 Å². The summed E-state index contributed by atoms with van der Waals surface area (Å²) in [5.74, 6) is 2.80. The van der Waals surface area contributed by atoms with Gasteiger partial charge in [0.25, 0.3) is 0 Å². The third kappa shape index (κ3) is 5.16. The Morgan fingerprint density at radius 1 is 1.03 bits per heavy atom. The van der Waals surface area contributed by atoms with E-state index in [4.69, 9.17) is 19.2 Å². The van der Waals surface area contributed by atoms with Crippen molar-refractivity contribution in [3.8, 4) is 21.9 Å². The van der Waals surface area contributed by atoms with Crippen molar-refractivity contribution >= 4 is 28.1 Å². The van der Waals surface area contributed by atoms with Crippen molar-refractivity contribution in [1.29, 1.82) is 0 Å². The van der Waals surface area contributed by atoms with Crippen LogP contribution in [0.1, 0.15) is 29.2 Å². The number of hydrogen-bond acceptors (Lipinski definition) is 8. The van der Waals surface area contributed by atoms with Gasteiger partial charge in [-0.2, -0.15) is 0 Å². The molecule has 188 valence electrons. The first-order chi connectivity index (χ1) is 17.6. The van der Waals surface area contributed by atoms with Crippen LogP contribution in [0.2, 0.25) is 0 Å². The van der Waals surface area contributed by atoms with Gasteiger partial charge in [-0.1, -0.05) is 24.3 Å². The van der Waals surface area contributed by atoms with E-state index in [1.54, 1.807) is 14.2 Å². The number of nitrogens with one attached hydrogen (secondary N) is 1. The highest BCUT2D eigenvalue weighted by molar-refractivity contribution is 7.15. The number of rotatable bonds is 8. The summed E-state index contributed by atoms with van der Waals surface area (Å²) in [4.78, 5) is 14.3. The highest BCUT2D eigenvalue weighted by atomic mass is 32.1. The fraction of sp³-hybridized carbons (Fsp3) is 0.357. The third-order valence-corrected chi connectivity index (χ3v) is 7.80. The van der Waals surface area contributed by atoms with Crippen LogP contribution in [0.25, 0.3) is 21.3 Å². The Labute approximate surface area is 216 Å². The molecule has 1 unspecified atom stereocenters. The van der Waals surface area contributed by atoms with Crippen LogP contribution < -0.4 is 14.8 Å². The molecule has 1 N–H and O–H groups in total. The van der Waals surface area contributed by atoms with Gasteiger partial charge >= 0.3 is 0 Å². The van der Waals surface area contributed by atoms with E-state index in [2.05, 4.69) is 58.5 Å². The average Bonchev–Trinajstić information content (AvgIpc) is 3.39. The standard InChI is InChI=1S/C28H32N4O3S/c1-18(29-28-22-15-24(33-3)25(34-4)16-23(22)30-19(2)31-28)26-9-10-27(36-26)21-8-6-5-7-20(21)17-32-11-13-35-14-12-32/h5-10,15-16,18H,11-14,17H2,1-4H3,(H,29,30,31). The fourth-order valence-corrected chi connectivity index (χ4v) is 5.66. The number of thiophene rings is 1. The van der Waals surface area contributed by atoms with Crippen LogP contribution in [0.5, 0.6) is 11.5 Å². The summed E-state index contributed by atoms with van der Waals surface area (Å²) < 4.78 is 16.5. The second kappa shape index (κ2) is 10.8. The van der Waals surface area contributed by atoms with Crippen LogP contribution in [-0.4, -0.2) is 55.4 Å². The molecule has 0 radical (unpaired) electrons. The van der Waals surface area contributed by atoms with Crippen molar-refractivity contribution < 1.29 is 14.2 Å². The van der Waals surface area contributed by atoms with Crippen LogP contribution >= 0.6 is 11.3 Å². The van der Waals surface area contributed by atoms with Crippen molar-refractivity contribution in [1.82, 2.24) is 14.9 Å². The molecule has 1 atom stereocenters. The molecule has 1 aliphatic rings. The summed E-state index contributed by atoms with van der Waals surface area (Å²) in [6, 6.07) is 17.1. The van der Waals surface area contributed by atoms with E-state index in [0.29, 0.717) is 17.3 Å². The maximum absolute atomic E-state index is 5.52. The minimum absolute atomic E-state index is 0.0701. The van der Waals surface area contributed by atoms with Gasteiger partial charge < -0.3 is 19.5 Å². The molecule has 0 aliphatic carbocycles. The first-order valence-electron chi connectivity index (χ1n) is 12.2. The van der Waals surface area contributed by atoms with Gasteiger partial charge in [-0.3, -0.25) is 4.90 Å². The summed E-state index contributed by atoms with van der Waals surface area (Å²) in [5, 5.41) is 4.52. The second-order valence-electron chi connectivity index (χ2n) is 8.96. The lowest BCUT2D eigenvalue weighted by Gasteiger charge is -2.27. The zero-order chi connectivity index (χ0) is 25.1. The Hall–Kier alpha value is -3.20. The van der Waals surface area contributed by atoms with E-state index in [1.807, 2.05) is 30.4 Å². The van der Waals surface area contributed by atoms with Gasteiger partial charge in [0.1, 0.15) is 11.6 Å². The molecule has 0 spiro atoms. The largest absolute Gasteiger partial charge is 0.493 e. The summed E-state index contributed by atoms with van der Waals surface area (Å²) in [6.45, 7) is 8.59. The molecule has 4 aromatic rings. The van der Waals surface area contributed by atoms with Crippen LogP contribution in [0.4, 0.5) is 5.82 Å². The van der Waals surface area contributed by atoms with Gasteiger partial charge in [0, 0.05) is 40.8 Å². The zero-order valence-corrected chi connectivity index (χ0v) is 22.0. The highest BCUT2D eigenvalue weighted by Crippen LogP contribution is 2.37. The van der Waals surface area contributed by atoms with E-state index in [0.717, 1.165) is 49.6 Å². The van der Waals surface area contributed by atoms with Crippen molar-refractivity contribution in [2.24, 2.45) is 0 Å². The van der Waals surface area contributed by atoms with E-state index in [-0.39, 0.29) is 6.04 Å². The van der Waals surface area contributed by atoms with E-state index >= 15 is 0 Å². The lowest BCUT2D eigenvalue weighted by molar-refractivity contribution is 0.0342. The number of morpholine rings is 1. The number of aromatic nitrogens is 2. The fourth-order valence-electron chi connectivity index (χ4n) is 4.59. The third-order valence-electron chi connectivity index (χ3n) is 6.50. The molecule has 0 saturated carbocycles. The lowest BCUT2D eigenvalue weighted by atomic mass is 10.1. The van der Waals surface area contributed by atoms with Crippen molar-refractivity contribution in [2.45, 2.75) is 26.4 Å². The molecule has 1 aliphatic heterocycles. The minimum Gasteiger partial charge on any atom is -0.493 e. The Bertz CT molecular complexity index is 1350. The molecule has 5 rings (SSSR count). The first kappa shape index (κ1) is 24.5. The van der Waals surface area contributed by atoms with Crippen LogP contribution in [0.3, 0.4) is 0 Å². The monoisotopic (exact) mass is 504 g/mol. The number of anilines is 1. The first-order valence-corrected chi connectivity index (χ1v) is 13.0. The van der Waals surface area contributed by atoms with Crippen molar-refractivity contribution in [2.75, 3.05) is 45.8 Å². The normalized spacial score (nSPS) is 15.1. The molecular weight excluding hydrogens is 472 g/mol. The van der Waals surface area contributed by atoms with Gasteiger partial charge in [-0.25, -0.2) is 9.97 Å². The molecule has 1 saturated heterocycles. The highest BCUT2D eigenvalue weighted by Gasteiger charge is 2.18. The molecule has 8 heteroatoms. The van der Waals surface area contributed by atoms with Crippen molar-refractivity contribution in [3.63, 3.8) is 0 Å². The van der Waals surface area contributed by atoms with E-state index in [1.165, 1.54) is 20.9 Å². The summed E-state index contributed by atoms with van der Waals surface area (Å²) in [7, 11) is 3.27. The van der Waals surface area contributed by atoms with E-state index < -0.39 is 0 Å². The smallest absolute Gasteiger partial charge is 0.162 e. The maximum Gasteiger partial charge on any atom is 0.162 e. The molecule has 3 heterocycles. The summed E-state index contributed by atoms with van der Waals surface area (Å²) in [5.41, 5.74) is 3.47. The van der Waals surface area contributed by atoms with Gasteiger partial charge in [-0.15, -0.1) is 11.3 Å². The SMILES string of the molecule is COc1cc2nc(C)nc(NC(C)c3ccc(-c4ccccc4CN4CCOCC4)s3)c2cc1OC. The van der Waals surface area contributed by atoms with Crippen LogP contribution in [0.15, 0.2) is 48.5 Å². The number of hydrogen-bond donors (Lipinski definition) is 1. The van der Waals surface area contributed by atoms with Gasteiger partial charge in [0.05, 0.1) is 39.0 Å². The lowest BCUT2D eigenvalue weighted by Crippen LogP contribution is -2.35. The second-order valence-corrected chi connectivity index (χ2v) is 10.1. The zero-order valence-electron chi connectivity index (χ0n) is 21.2. The summed E-state index contributed by atoms with van der Waals surface area (Å²) in [6.07, 6.45) is 0. The minimum atomic E-state index is 0.0701. The van der Waals surface area contributed by atoms with Gasteiger partial charge in [0.15, 0.2) is 11.5 Å². The van der Waals surface area contributed by atoms with Gasteiger partial charge in [0.2, 0.25) is 0 Å². The molecule has 7 nitrogen and oxygen atoms in total. The summed E-state index contributed by atoms with van der Waals surface area (Å²) >= 11 is 1.82. The number of methoxy groups -OCH3 is 2. The average molecular weight is 505 g/mol. The molecule has 2 aromatic carbocycles. The van der Waals surface area contributed by atoms with Gasteiger partial charge in [-0.05, 0) is 43.2 Å². The molecule has 2 aromatic heterocycles. The number of aryl methyl sites for hydroxylation is 1. The Kier molecular flexibility index (Phi) is 7.36. The Morgan fingerprint density at radius 2 is 1.78 bits per heavy atom. The predicted molar refractivity (Wildman–Crippen MR) is 145 cm³/mol. The molecule has 36 heavy (non-hydrogen) atoms. The number of ether oxygens (including phenoxy) is 3. The van der Waals surface area contributed by atoms with E-state index in [9.17, 15) is 0 Å². The van der Waals surface area contributed by atoms with Crippen LogP contribution in [0, 0.1) is 6.92 Å². The molecule has 1 fully saturated rings. The predicted octanol–water partition coefficient (Wildman–Crippen LogP) is 5.69. The Morgan fingerprint density at radius 3 is 2.56 bits per heavy atom. The number of nitrogens with zero attached hydrogens (tertiary/aromatic N) is 3. The van der Waals surface area contributed by atoms with Crippen LogP contribution in [-0.2, 0) is 11.3 Å². The number of fused-ring (bicyclic) bond motifs is 1. The Balaban J connectivity index is 1.40.